The molecule has 1 heterocycles. The molecule has 0 aromatic carbocycles. The van der Waals surface area contributed by atoms with Crippen molar-refractivity contribution in [3.8, 4) is 0 Å². The van der Waals surface area contributed by atoms with Crippen molar-refractivity contribution < 1.29 is 14.3 Å². The number of hydrogen-bond acceptors (Lipinski definition) is 3. The first-order valence-electron chi connectivity index (χ1n) is 9.61. The van der Waals surface area contributed by atoms with Gasteiger partial charge in [0.15, 0.2) is 0 Å². The van der Waals surface area contributed by atoms with E-state index >= 15 is 0 Å². The Labute approximate surface area is 145 Å². The molecular formula is C19H32N2O3. The highest BCUT2D eigenvalue weighted by atomic mass is 16.6. The number of piperidine rings is 1. The Kier molecular flexibility index (Phi) is 5.07. The average Bonchev–Trinajstić information content (AvgIpc) is 2.99. The molecule has 2 aliphatic carbocycles. The van der Waals surface area contributed by atoms with E-state index in [0.29, 0.717) is 23.7 Å². The maximum Gasteiger partial charge on any atom is 0.410 e. The summed E-state index contributed by atoms with van der Waals surface area (Å²) in [6.45, 7) is 7.96. The van der Waals surface area contributed by atoms with E-state index in [1.54, 1.807) is 0 Å². The van der Waals surface area contributed by atoms with Crippen LogP contribution in [0, 0.1) is 23.7 Å². The first-order valence-corrected chi connectivity index (χ1v) is 9.61. The number of likely N-dealkylation sites (tertiary alicyclic amines) is 1. The molecule has 1 aliphatic heterocycles. The lowest BCUT2D eigenvalue weighted by Gasteiger charge is -2.34. The van der Waals surface area contributed by atoms with Gasteiger partial charge >= 0.3 is 6.09 Å². The third-order valence-electron chi connectivity index (χ3n) is 5.73. The summed E-state index contributed by atoms with van der Waals surface area (Å²) in [5, 5.41) is 3.13. The summed E-state index contributed by atoms with van der Waals surface area (Å²) in [7, 11) is 0. The molecule has 0 aromatic heterocycles. The lowest BCUT2D eigenvalue weighted by molar-refractivity contribution is -0.123. The van der Waals surface area contributed by atoms with Crippen LogP contribution >= 0.6 is 0 Å². The molecule has 1 saturated heterocycles. The third kappa shape index (κ3) is 4.22. The first kappa shape index (κ1) is 17.6. The molecule has 3 rings (SSSR count). The largest absolute Gasteiger partial charge is 0.444 e. The van der Waals surface area contributed by atoms with Crippen LogP contribution in [-0.4, -0.2) is 42.1 Å². The van der Waals surface area contributed by atoms with Gasteiger partial charge in [0.1, 0.15) is 5.60 Å². The zero-order chi connectivity index (χ0) is 17.3. The van der Waals surface area contributed by atoms with Gasteiger partial charge in [-0.05, 0) is 70.6 Å². The zero-order valence-corrected chi connectivity index (χ0v) is 15.3. The van der Waals surface area contributed by atoms with Crippen molar-refractivity contribution in [3.63, 3.8) is 0 Å². The van der Waals surface area contributed by atoms with Crippen LogP contribution in [0.4, 0.5) is 4.79 Å². The zero-order valence-electron chi connectivity index (χ0n) is 15.3. The van der Waals surface area contributed by atoms with E-state index in [1.807, 2.05) is 25.7 Å². The second kappa shape index (κ2) is 6.93. The Morgan fingerprint density at radius 1 is 1.12 bits per heavy atom. The molecule has 1 unspecified atom stereocenters. The molecule has 3 fully saturated rings. The Hall–Kier alpha value is -1.26. The van der Waals surface area contributed by atoms with Crippen molar-refractivity contribution in [1.29, 1.82) is 0 Å². The van der Waals surface area contributed by atoms with Crippen LogP contribution in [0.2, 0.25) is 0 Å². The Bertz CT molecular complexity index is 475. The molecular weight excluding hydrogens is 304 g/mol. The van der Waals surface area contributed by atoms with Gasteiger partial charge in [0, 0.05) is 25.6 Å². The number of amides is 2. The predicted octanol–water partition coefficient (Wildman–Crippen LogP) is 3.19. The maximum absolute atomic E-state index is 12.2. The second-order valence-electron chi connectivity index (χ2n) is 8.80. The van der Waals surface area contributed by atoms with E-state index in [-0.39, 0.29) is 12.0 Å². The molecule has 1 N–H and O–H groups in total. The fourth-order valence-electron chi connectivity index (χ4n) is 4.52. The minimum Gasteiger partial charge on any atom is -0.444 e. The van der Waals surface area contributed by atoms with E-state index in [1.165, 1.54) is 19.3 Å². The van der Waals surface area contributed by atoms with Crippen LogP contribution in [0.5, 0.6) is 0 Å². The summed E-state index contributed by atoms with van der Waals surface area (Å²) in [4.78, 5) is 26.2. The Balaban J connectivity index is 1.36. The van der Waals surface area contributed by atoms with Gasteiger partial charge in [-0.1, -0.05) is 6.42 Å². The van der Waals surface area contributed by atoms with Gasteiger partial charge in [0.05, 0.1) is 0 Å². The van der Waals surface area contributed by atoms with Crippen molar-refractivity contribution in [2.75, 3.05) is 19.6 Å². The monoisotopic (exact) mass is 336 g/mol. The maximum atomic E-state index is 12.2. The lowest BCUT2D eigenvalue weighted by atomic mass is 9.95. The number of ether oxygens (including phenoxy) is 1. The number of nitrogens with one attached hydrogen (secondary N) is 1. The standard InChI is InChI=1S/C19H32N2O3/c1-19(2,3)24-18(23)21-11-5-6-13(12-21)9-10-20-17(22)16-14-7-4-8-15(14)16/h13-16H,4-12H2,1-3H3,(H,20,22)/t13-,14-,15+,16?/m0/s1. The fraction of sp³-hybridized carbons (Fsp3) is 0.895. The van der Waals surface area contributed by atoms with E-state index in [9.17, 15) is 9.59 Å². The molecule has 0 spiro atoms. The van der Waals surface area contributed by atoms with Gasteiger partial charge in [-0.25, -0.2) is 4.79 Å². The predicted molar refractivity (Wildman–Crippen MR) is 92.5 cm³/mol. The Morgan fingerprint density at radius 2 is 1.83 bits per heavy atom. The van der Waals surface area contributed by atoms with Gasteiger partial charge in [0.2, 0.25) is 5.91 Å². The van der Waals surface area contributed by atoms with Crippen molar-refractivity contribution in [2.45, 2.75) is 64.9 Å². The minimum atomic E-state index is -0.444. The molecule has 0 radical (unpaired) electrons. The van der Waals surface area contributed by atoms with E-state index < -0.39 is 5.60 Å². The highest BCUT2D eigenvalue weighted by Gasteiger charge is 2.56. The average molecular weight is 336 g/mol. The number of rotatable bonds is 4. The van der Waals surface area contributed by atoms with Gasteiger partial charge in [-0.15, -0.1) is 0 Å². The molecule has 4 atom stereocenters. The van der Waals surface area contributed by atoms with Gasteiger partial charge in [-0.3, -0.25) is 4.79 Å². The van der Waals surface area contributed by atoms with E-state index in [0.717, 1.165) is 38.9 Å². The quantitative estimate of drug-likeness (QED) is 0.858. The molecule has 0 aromatic rings. The lowest BCUT2D eigenvalue weighted by Crippen LogP contribution is -2.43. The van der Waals surface area contributed by atoms with Gasteiger partial charge < -0.3 is 15.0 Å². The van der Waals surface area contributed by atoms with Crippen LogP contribution in [0.15, 0.2) is 0 Å². The summed E-state index contributed by atoms with van der Waals surface area (Å²) >= 11 is 0. The highest BCUT2D eigenvalue weighted by molar-refractivity contribution is 5.82. The van der Waals surface area contributed by atoms with Gasteiger partial charge in [-0.2, -0.15) is 0 Å². The summed E-state index contributed by atoms with van der Waals surface area (Å²) in [5.74, 6) is 2.41. The normalized spacial score (nSPS) is 32.2. The fourth-order valence-corrected chi connectivity index (χ4v) is 4.52. The number of nitrogens with zero attached hydrogens (tertiary/aromatic N) is 1. The first-order chi connectivity index (χ1) is 11.3. The summed E-state index contributed by atoms with van der Waals surface area (Å²) < 4.78 is 5.47. The summed E-state index contributed by atoms with van der Waals surface area (Å²) in [6.07, 6.45) is 6.69. The van der Waals surface area contributed by atoms with Gasteiger partial charge in [0.25, 0.3) is 0 Å². The summed E-state index contributed by atoms with van der Waals surface area (Å²) in [5.41, 5.74) is -0.444. The molecule has 2 amide bonds. The molecule has 5 heteroatoms. The van der Waals surface area contributed by atoms with Crippen molar-refractivity contribution in [2.24, 2.45) is 23.7 Å². The number of carbonyl (C=O) groups is 2. The van der Waals surface area contributed by atoms with Crippen LogP contribution in [0.25, 0.3) is 0 Å². The smallest absolute Gasteiger partial charge is 0.410 e. The molecule has 136 valence electrons. The Morgan fingerprint density at radius 3 is 2.50 bits per heavy atom. The summed E-state index contributed by atoms with van der Waals surface area (Å²) in [6, 6.07) is 0. The SMILES string of the molecule is CC(C)(C)OC(=O)N1CCC[C@@H](CCNC(=O)C2[C@H]3CCC[C@@H]23)C1. The second-order valence-corrected chi connectivity index (χ2v) is 8.80. The highest BCUT2D eigenvalue weighted by Crippen LogP contribution is 2.57. The third-order valence-corrected chi connectivity index (χ3v) is 5.73. The number of fused-ring (bicyclic) bond motifs is 1. The van der Waals surface area contributed by atoms with E-state index in [2.05, 4.69) is 5.32 Å². The van der Waals surface area contributed by atoms with Crippen molar-refractivity contribution in [3.05, 3.63) is 0 Å². The molecule has 0 bridgehead atoms. The molecule has 24 heavy (non-hydrogen) atoms. The molecule has 3 aliphatic rings. The van der Waals surface area contributed by atoms with Crippen LogP contribution in [-0.2, 0) is 9.53 Å². The van der Waals surface area contributed by atoms with E-state index in [4.69, 9.17) is 4.74 Å². The minimum absolute atomic E-state index is 0.206. The van der Waals surface area contributed by atoms with Crippen LogP contribution in [0.3, 0.4) is 0 Å². The van der Waals surface area contributed by atoms with Crippen LogP contribution < -0.4 is 5.32 Å². The molecule has 2 saturated carbocycles. The van der Waals surface area contributed by atoms with Crippen molar-refractivity contribution in [1.82, 2.24) is 10.2 Å². The number of hydrogen-bond donors (Lipinski definition) is 1. The van der Waals surface area contributed by atoms with Crippen LogP contribution in [0.1, 0.15) is 59.3 Å². The molecule has 5 nitrogen and oxygen atoms in total. The topological polar surface area (TPSA) is 58.6 Å². The number of carbonyl (C=O) groups excluding carboxylic acids is 2. The van der Waals surface area contributed by atoms with Crippen molar-refractivity contribution >= 4 is 12.0 Å².